The second kappa shape index (κ2) is 21.3. The molecule has 4 amide bonds. The number of nitrogens with one attached hydrogen (secondary N) is 5. The number of carbonyl (C=O) groups is 6. The zero-order valence-electron chi connectivity index (χ0n) is 35.9. The Morgan fingerprint density at radius 1 is 0.683 bits per heavy atom. The Hall–Kier alpha value is -6.87. The summed E-state index contributed by atoms with van der Waals surface area (Å²) in [4.78, 5) is 96.4. The number of imidazole rings is 1. The Morgan fingerprint density at radius 3 is 1.84 bits per heavy atom. The van der Waals surface area contributed by atoms with E-state index in [1.165, 1.54) is 11.3 Å². The minimum Gasteiger partial charge on any atom is -0.369 e. The van der Waals surface area contributed by atoms with Crippen LogP contribution in [0.3, 0.4) is 0 Å². The van der Waals surface area contributed by atoms with Gasteiger partial charge in [-0.15, -0.1) is 0 Å². The maximum Gasteiger partial charge on any atom is 0.242 e. The number of hydrogen-bond acceptors (Lipinski definition) is 8. The molecule has 15 nitrogen and oxygen atoms in total. The highest BCUT2D eigenvalue weighted by molar-refractivity contribution is 5.95. The summed E-state index contributed by atoms with van der Waals surface area (Å²) in [6, 6.07) is 22.5. The number of aromatic amines is 3. The molecule has 3 aromatic heterocycles. The molecule has 5 atom stereocenters. The van der Waals surface area contributed by atoms with Gasteiger partial charge in [0.25, 0.3) is 0 Å². The second-order valence-electron chi connectivity index (χ2n) is 16.9. The lowest BCUT2D eigenvalue weighted by molar-refractivity contribution is -0.146. The summed E-state index contributed by atoms with van der Waals surface area (Å²) < 4.78 is 0. The standard InChI is InChI=1S/C48H57N9O6/c1-29(2)27-57(56-48(63)32(19-34-24-52-40-15-9-7-13-37(34)40)21-43(58)39(49)23-36-26-51-28-54-36)45(60)22-33(20-35-25-53-41-16-10-8-14-38(35)41)47(62)55-42(18-31-11-5-4-6-12-31)44(59)17-30(3)46(50)61/h4-16,24-26,28-30,32-33,39,42,52-53H,17-23,27,49H2,1-3H3,(H2,50,61)(H,51,54)(H,55,62)(H,56,63)/t30-,32+,33-,39+,42-/m1/s1. The van der Waals surface area contributed by atoms with Crippen LogP contribution in [0.5, 0.6) is 0 Å². The number of carbonyl (C=O) groups excluding carboxylic acids is 6. The molecule has 0 unspecified atom stereocenters. The number of nitrogens with zero attached hydrogens (tertiary/aromatic N) is 2. The number of rotatable bonds is 22. The smallest absolute Gasteiger partial charge is 0.242 e. The minimum atomic E-state index is -1.02. The van der Waals surface area contributed by atoms with Crippen molar-refractivity contribution in [3.05, 3.63) is 126 Å². The van der Waals surface area contributed by atoms with Crippen LogP contribution < -0.4 is 22.2 Å². The highest BCUT2D eigenvalue weighted by Crippen LogP contribution is 2.26. The zero-order chi connectivity index (χ0) is 45.0. The number of primary amides is 1. The summed E-state index contributed by atoms with van der Waals surface area (Å²) in [6.45, 7) is 5.47. The third kappa shape index (κ3) is 12.4. The van der Waals surface area contributed by atoms with Crippen molar-refractivity contribution < 1.29 is 28.8 Å². The predicted octanol–water partition coefficient (Wildman–Crippen LogP) is 4.63. The molecule has 0 fully saturated rings. The number of fused-ring (bicyclic) bond motifs is 2. The third-order valence-corrected chi connectivity index (χ3v) is 11.4. The van der Waals surface area contributed by atoms with Gasteiger partial charge in [-0.2, -0.15) is 0 Å². The van der Waals surface area contributed by atoms with Crippen molar-refractivity contribution in [2.24, 2.45) is 35.1 Å². The highest BCUT2D eigenvalue weighted by Gasteiger charge is 2.33. The first kappa shape index (κ1) is 45.7. The summed E-state index contributed by atoms with van der Waals surface area (Å²) in [5, 5.41) is 5.95. The maximum atomic E-state index is 14.6. The molecule has 0 saturated heterocycles. The molecule has 0 spiro atoms. The SMILES string of the molecule is CC(C)CN(NC(=O)[C@H](CC(=O)[C@@H](N)Cc1cnc[nH]1)Cc1c[nH]c2ccccc12)C(=O)C[C@@H](Cc1c[nH]c2ccccc12)C(=O)N[C@H](Cc1ccccc1)C(=O)C[C@@H](C)C(N)=O. The lowest BCUT2D eigenvalue weighted by Crippen LogP contribution is -2.52. The second-order valence-corrected chi connectivity index (χ2v) is 16.9. The lowest BCUT2D eigenvalue weighted by atomic mass is 9.90. The van der Waals surface area contributed by atoms with Crippen LogP contribution in [-0.4, -0.2) is 78.8 Å². The molecule has 63 heavy (non-hydrogen) atoms. The summed E-state index contributed by atoms with van der Waals surface area (Å²) >= 11 is 0. The van der Waals surface area contributed by atoms with Crippen LogP contribution in [-0.2, 0) is 54.5 Å². The van der Waals surface area contributed by atoms with Crippen LogP contribution in [0.25, 0.3) is 21.8 Å². The van der Waals surface area contributed by atoms with E-state index in [0.29, 0.717) is 5.69 Å². The number of aromatic nitrogens is 4. The van der Waals surface area contributed by atoms with Gasteiger partial charge in [0, 0.05) is 84.2 Å². The normalized spacial score (nSPS) is 13.9. The molecule has 3 aromatic carbocycles. The molecule has 0 saturated carbocycles. The predicted molar refractivity (Wildman–Crippen MR) is 240 cm³/mol. The number of amides is 4. The van der Waals surface area contributed by atoms with Crippen LogP contribution >= 0.6 is 0 Å². The third-order valence-electron chi connectivity index (χ3n) is 11.4. The molecule has 0 aliphatic carbocycles. The fourth-order valence-electron chi connectivity index (χ4n) is 7.84. The van der Waals surface area contributed by atoms with E-state index < -0.39 is 53.5 Å². The van der Waals surface area contributed by atoms with Gasteiger partial charge in [-0.05, 0) is 54.0 Å². The van der Waals surface area contributed by atoms with Crippen molar-refractivity contribution in [1.82, 2.24) is 35.7 Å². The van der Waals surface area contributed by atoms with E-state index in [1.807, 2.05) is 98.9 Å². The summed E-state index contributed by atoms with van der Waals surface area (Å²) in [5.41, 5.74) is 19.5. The largest absolute Gasteiger partial charge is 0.369 e. The van der Waals surface area contributed by atoms with Crippen LogP contribution in [0.2, 0.25) is 0 Å². The highest BCUT2D eigenvalue weighted by atomic mass is 16.2. The number of Topliss-reactive ketones (excluding diaryl/α,β-unsaturated/α-hetero) is 2. The first-order valence-corrected chi connectivity index (χ1v) is 21.4. The maximum absolute atomic E-state index is 14.6. The molecule has 6 aromatic rings. The van der Waals surface area contributed by atoms with Gasteiger partial charge in [0.2, 0.25) is 23.6 Å². The van der Waals surface area contributed by atoms with Gasteiger partial charge in [-0.25, -0.2) is 4.98 Å². The molecule has 15 heteroatoms. The van der Waals surface area contributed by atoms with Crippen LogP contribution in [0.15, 0.2) is 104 Å². The number of ketones is 2. The van der Waals surface area contributed by atoms with E-state index in [0.717, 1.165) is 38.5 Å². The Morgan fingerprint density at radius 2 is 1.27 bits per heavy atom. The number of hydrogen-bond donors (Lipinski definition) is 7. The van der Waals surface area contributed by atoms with Gasteiger partial charge in [-0.3, -0.25) is 39.2 Å². The van der Waals surface area contributed by atoms with Crippen molar-refractivity contribution in [3.8, 4) is 0 Å². The van der Waals surface area contributed by atoms with Crippen molar-refractivity contribution in [2.75, 3.05) is 6.54 Å². The molecule has 3 heterocycles. The van der Waals surface area contributed by atoms with Crippen LogP contribution in [0, 0.1) is 23.7 Å². The molecular weight excluding hydrogens is 799 g/mol. The first-order valence-electron chi connectivity index (χ1n) is 21.4. The van der Waals surface area contributed by atoms with E-state index in [4.69, 9.17) is 11.5 Å². The van der Waals surface area contributed by atoms with Crippen molar-refractivity contribution in [3.63, 3.8) is 0 Å². The van der Waals surface area contributed by atoms with Crippen LogP contribution in [0.1, 0.15) is 62.4 Å². The van der Waals surface area contributed by atoms with E-state index in [-0.39, 0.29) is 69.0 Å². The van der Waals surface area contributed by atoms with E-state index in [1.54, 1.807) is 19.3 Å². The van der Waals surface area contributed by atoms with Gasteiger partial charge in [0.05, 0.1) is 30.2 Å². The minimum absolute atomic E-state index is 0.105. The number of nitrogens with two attached hydrogens (primary N) is 2. The van der Waals surface area contributed by atoms with Gasteiger partial charge in [0.1, 0.15) is 0 Å². The molecular formula is C48H57N9O6. The van der Waals surface area contributed by atoms with E-state index in [2.05, 4.69) is 30.7 Å². The molecule has 0 aliphatic heterocycles. The van der Waals surface area contributed by atoms with Gasteiger partial charge >= 0.3 is 0 Å². The topological polar surface area (TPSA) is 242 Å². The fraction of sp³-hybridized carbons (Fsp3) is 0.354. The quantitative estimate of drug-likeness (QED) is 0.0474. The van der Waals surface area contributed by atoms with Gasteiger partial charge in [-0.1, -0.05) is 87.5 Å². The van der Waals surface area contributed by atoms with Crippen LogP contribution in [0.4, 0.5) is 0 Å². The first-order chi connectivity index (χ1) is 30.2. The number of H-pyrrole nitrogens is 3. The van der Waals surface area contributed by atoms with Crippen molar-refractivity contribution in [2.45, 2.75) is 77.8 Å². The Balaban J connectivity index is 1.27. The molecule has 6 rings (SSSR count). The average Bonchev–Trinajstić information content (AvgIpc) is 4.03. The molecule has 330 valence electrons. The summed E-state index contributed by atoms with van der Waals surface area (Å²) in [5.74, 6) is -5.72. The molecule has 9 N–H and O–H groups in total. The number of para-hydroxylation sites is 2. The lowest BCUT2D eigenvalue weighted by Gasteiger charge is -2.29. The Kier molecular flexibility index (Phi) is 15.4. The van der Waals surface area contributed by atoms with Gasteiger partial charge < -0.3 is 31.7 Å². The average molecular weight is 856 g/mol. The number of hydrazine groups is 1. The monoisotopic (exact) mass is 855 g/mol. The molecule has 0 bridgehead atoms. The fourth-order valence-corrected chi connectivity index (χ4v) is 7.84. The summed E-state index contributed by atoms with van der Waals surface area (Å²) in [6.07, 6.45) is 6.68. The van der Waals surface area contributed by atoms with Crippen molar-refractivity contribution in [1.29, 1.82) is 0 Å². The van der Waals surface area contributed by atoms with Crippen molar-refractivity contribution >= 4 is 57.0 Å². The Bertz CT molecular complexity index is 2510. The number of benzene rings is 3. The van der Waals surface area contributed by atoms with Gasteiger partial charge in [0.15, 0.2) is 11.6 Å². The van der Waals surface area contributed by atoms with E-state index in [9.17, 15) is 28.8 Å². The molecule has 0 aliphatic rings. The van der Waals surface area contributed by atoms with E-state index >= 15 is 0 Å². The molecule has 0 radical (unpaired) electrons. The summed E-state index contributed by atoms with van der Waals surface area (Å²) in [7, 11) is 0. The Labute approximate surface area is 366 Å². The zero-order valence-corrected chi connectivity index (χ0v) is 35.9.